The van der Waals surface area contributed by atoms with Crippen molar-refractivity contribution in [2.45, 2.75) is 25.7 Å². The van der Waals surface area contributed by atoms with Crippen LogP contribution in [-0.4, -0.2) is 30.6 Å². The topological polar surface area (TPSA) is 15.3 Å². The summed E-state index contributed by atoms with van der Waals surface area (Å²) in [5, 5.41) is 3.65. The van der Waals surface area contributed by atoms with Crippen molar-refractivity contribution in [3.63, 3.8) is 0 Å². The first-order valence-corrected chi connectivity index (χ1v) is 10.0. The fourth-order valence-corrected chi connectivity index (χ4v) is 4.04. The Kier molecular flexibility index (Phi) is 6.15. The third-order valence-electron chi connectivity index (χ3n) is 5.50. The van der Waals surface area contributed by atoms with Gasteiger partial charge in [0.15, 0.2) is 0 Å². The molecular weight excluding hydrogens is 347 g/mol. The predicted molar refractivity (Wildman–Crippen MR) is 114 cm³/mol. The van der Waals surface area contributed by atoms with Gasteiger partial charge in [-0.3, -0.25) is 4.90 Å². The zero-order valence-corrected chi connectivity index (χ0v) is 16.2. The molecule has 1 fully saturated rings. The van der Waals surface area contributed by atoms with Crippen molar-refractivity contribution >= 4 is 0 Å². The molecule has 2 nitrogen and oxygen atoms in total. The highest BCUT2D eigenvalue weighted by Gasteiger charge is 2.19. The summed E-state index contributed by atoms with van der Waals surface area (Å²) in [6, 6.07) is 27.5. The third kappa shape index (κ3) is 4.67. The molecule has 4 rings (SSSR count). The second kappa shape index (κ2) is 9.13. The van der Waals surface area contributed by atoms with Crippen molar-refractivity contribution in [1.29, 1.82) is 0 Å². The monoisotopic (exact) mass is 374 g/mol. The van der Waals surface area contributed by atoms with Crippen molar-refractivity contribution in [1.82, 2.24) is 10.2 Å². The maximum absolute atomic E-state index is 13.2. The average molecular weight is 375 g/mol. The van der Waals surface area contributed by atoms with Gasteiger partial charge in [-0.1, -0.05) is 78.9 Å². The molecule has 3 heteroatoms. The molecule has 1 aliphatic rings. The summed E-state index contributed by atoms with van der Waals surface area (Å²) in [5.74, 6) is 0. The highest BCUT2D eigenvalue weighted by atomic mass is 19.1. The smallest absolute Gasteiger partial charge is 0.115 e. The van der Waals surface area contributed by atoms with Gasteiger partial charge in [0.2, 0.25) is 0 Å². The minimum absolute atomic E-state index is 0.429. The van der Waals surface area contributed by atoms with E-state index in [9.17, 15) is 4.39 Å². The van der Waals surface area contributed by atoms with Crippen LogP contribution < -0.4 is 5.32 Å². The Morgan fingerprint density at radius 3 is 2.39 bits per heavy atom. The van der Waals surface area contributed by atoms with E-state index in [1.54, 1.807) is 0 Å². The van der Waals surface area contributed by atoms with Gasteiger partial charge < -0.3 is 5.32 Å². The van der Waals surface area contributed by atoms with Crippen LogP contribution in [0.25, 0.3) is 11.1 Å². The molecule has 0 amide bonds. The molecular formula is C25H27FN2. The Bertz CT molecular complexity index is 877. The first-order chi connectivity index (χ1) is 13.8. The summed E-state index contributed by atoms with van der Waals surface area (Å²) >= 11 is 0. The van der Waals surface area contributed by atoms with Crippen LogP contribution in [0.3, 0.4) is 0 Å². The van der Waals surface area contributed by atoms with Gasteiger partial charge in [0, 0.05) is 32.2 Å². The van der Waals surface area contributed by atoms with Crippen molar-refractivity contribution in [3.8, 4) is 11.1 Å². The molecule has 3 aromatic rings. The molecule has 0 aliphatic carbocycles. The zero-order chi connectivity index (χ0) is 19.2. The van der Waals surface area contributed by atoms with E-state index < -0.39 is 6.67 Å². The minimum atomic E-state index is -0.429. The molecule has 0 bridgehead atoms. The van der Waals surface area contributed by atoms with Crippen molar-refractivity contribution < 1.29 is 4.39 Å². The van der Waals surface area contributed by atoms with E-state index in [0.717, 1.165) is 49.3 Å². The highest BCUT2D eigenvalue weighted by Crippen LogP contribution is 2.25. The van der Waals surface area contributed by atoms with Crippen LogP contribution in [0.4, 0.5) is 4.39 Å². The van der Waals surface area contributed by atoms with E-state index in [0.29, 0.717) is 6.04 Å². The summed E-state index contributed by atoms with van der Waals surface area (Å²) in [6.07, 6.45) is 1.07. The Morgan fingerprint density at radius 1 is 0.857 bits per heavy atom. The van der Waals surface area contributed by atoms with E-state index in [2.05, 4.69) is 64.8 Å². The molecule has 0 spiro atoms. The van der Waals surface area contributed by atoms with Crippen molar-refractivity contribution in [3.05, 3.63) is 95.6 Å². The number of benzene rings is 3. The van der Waals surface area contributed by atoms with Crippen LogP contribution in [0.5, 0.6) is 0 Å². The molecule has 1 N–H and O–H groups in total. The number of piperazine rings is 1. The zero-order valence-electron chi connectivity index (χ0n) is 16.2. The summed E-state index contributed by atoms with van der Waals surface area (Å²) < 4.78 is 13.2. The molecule has 0 radical (unpaired) electrons. The number of hydrogen-bond donors (Lipinski definition) is 1. The number of alkyl halides is 1. The van der Waals surface area contributed by atoms with Gasteiger partial charge >= 0.3 is 0 Å². The maximum Gasteiger partial charge on any atom is 0.115 e. The minimum Gasteiger partial charge on any atom is -0.311 e. The van der Waals surface area contributed by atoms with E-state index >= 15 is 0 Å². The lowest BCUT2D eigenvalue weighted by Crippen LogP contribution is -2.51. The normalized spacial score (nSPS) is 17.5. The Hall–Kier alpha value is -2.49. The number of rotatable bonds is 6. The Morgan fingerprint density at radius 2 is 1.61 bits per heavy atom. The first kappa shape index (κ1) is 18.9. The van der Waals surface area contributed by atoms with E-state index in [1.165, 1.54) is 11.1 Å². The average Bonchev–Trinajstić information content (AvgIpc) is 2.75. The molecule has 28 heavy (non-hydrogen) atoms. The van der Waals surface area contributed by atoms with E-state index in [1.807, 2.05) is 24.3 Å². The van der Waals surface area contributed by atoms with Gasteiger partial charge in [-0.15, -0.1) is 0 Å². The lowest BCUT2D eigenvalue weighted by atomic mass is 9.99. The van der Waals surface area contributed by atoms with Gasteiger partial charge in [0.25, 0.3) is 0 Å². The molecule has 1 saturated heterocycles. The van der Waals surface area contributed by atoms with Crippen LogP contribution in [0.2, 0.25) is 0 Å². The van der Waals surface area contributed by atoms with Crippen LogP contribution in [0, 0.1) is 0 Å². The fourth-order valence-electron chi connectivity index (χ4n) is 4.04. The lowest BCUT2D eigenvalue weighted by Gasteiger charge is -2.34. The predicted octanol–water partition coefficient (Wildman–Crippen LogP) is 4.84. The summed E-state index contributed by atoms with van der Waals surface area (Å²) in [7, 11) is 0. The molecule has 1 unspecified atom stereocenters. The second-order valence-corrected chi connectivity index (χ2v) is 7.56. The Labute approximate surface area is 167 Å². The largest absolute Gasteiger partial charge is 0.311 e. The fraction of sp³-hybridized carbons (Fsp3) is 0.280. The standard InChI is InChI=1S/C25H27FN2/c26-17-23-8-4-5-9-25(23)22-12-10-21(11-13-22)18-28-15-14-27-24(19-28)16-20-6-2-1-3-7-20/h1-13,24,27H,14-19H2. The van der Waals surface area contributed by atoms with Crippen LogP contribution in [0.15, 0.2) is 78.9 Å². The van der Waals surface area contributed by atoms with Crippen LogP contribution in [-0.2, 0) is 19.6 Å². The summed E-state index contributed by atoms with van der Waals surface area (Å²) in [4.78, 5) is 2.52. The number of nitrogens with one attached hydrogen (secondary N) is 1. The number of nitrogens with zero attached hydrogens (tertiary/aromatic N) is 1. The molecule has 144 valence electrons. The molecule has 1 atom stereocenters. The van der Waals surface area contributed by atoms with Gasteiger partial charge in [0.1, 0.15) is 6.67 Å². The van der Waals surface area contributed by atoms with Crippen molar-refractivity contribution in [2.24, 2.45) is 0 Å². The molecule has 0 saturated carbocycles. The molecule has 0 aromatic heterocycles. The van der Waals surface area contributed by atoms with Gasteiger partial charge in [-0.2, -0.15) is 0 Å². The van der Waals surface area contributed by atoms with Gasteiger partial charge in [-0.25, -0.2) is 4.39 Å². The van der Waals surface area contributed by atoms with E-state index in [-0.39, 0.29) is 0 Å². The quantitative estimate of drug-likeness (QED) is 0.664. The number of halogens is 1. The lowest BCUT2D eigenvalue weighted by molar-refractivity contribution is 0.192. The third-order valence-corrected chi connectivity index (χ3v) is 5.50. The van der Waals surface area contributed by atoms with Crippen LogP contribution in [0.1, 0.15) is 16.7 Å². The highest BCUT2D eigenvalue weighted by molar-refractivity contribution is 5.67. The van der Waals surface area contributed by atoms with E-state index in [4.69, 9.17) is 0 Å². The van der Waals surface area contributed by atoms with Gasteiger partial charge in [-0.05, 0) is 34.2 Å². The molecule has 1 aliphatic heterocycles. The summed E-state index contributed by atoms with van der Waals surface area (Å²) in [6.45, 7) is 3.68. The molecule has 1 heterocycles. The Balaban J connectivity index is 1.39. The van der Waals surface area contributed by atoms with Crippen LogP contribution >= 0.6 is 0 Å². The molecule has 3 aromatic carbocycles. The maximum atomic E-state index is 13.2. The van der Waals surface area contributed by atoms with Crippen molar-refractivity contribution in [2.75, 3.05) is 19.6 Å². The number of hydrogen-bond acceptors (Lipinski definition) is 2. The summed E-state index contributed by atoms with van der Waals surface area (Å²) in [5.41, 5.74) is 5.52. The second-order valence-electron chi connectivity index (χ2n) is 7.56. The van der Waals surface area contributed by atoms with Gasteiger partial charge in [0.05, 0.1) is 0 Å². The first-order valence-electron chi connectivity index (χ1n) is 10.0. The SMILES string of the molecule is FCc1ccccc1-c1ccc(CN2CCNC(Cc3ccccc3)C2)cc1.